The van der Waals surface area contributed by atoms with Crippen molar-refractivity contribution in [1.29, 1.82) is 0 Å². The molecule has 2 atom stereocenters. The summed E-state index contributed by atoms with van der Waals surface area (Å²) in [6.45, 7) is 4.59. The smallest absolute Gasteiger partial charge is 0.0585 e. The van der Waals surface area contributed by atoms with E-state index < -0.39 is 0 Å². The van der Waals surface area contributed by atoms with Gasteiger partial charge < -0.3 is 0 Å². The summed E-state index contributed by atoms with van der Waals surface area (Å²) < 4.78 is 0. The van der Waals surface area contributed by atoms with Crippen molar-refractivity contribution in [3.05, 3.63) is 35.9 Å². The van der Waals surface area contributed by atoms with Crippen LogP contribution in [0.15, 0.2) is 30.3 Å². The highest BCUT2D eigenvalue weighted by atomic mass is 35.5. The maximum Gasteiger partial charge on any atom is 0.0585 e. The molecule has 0 fully saturated rings. The van der Waals surface area contributed by atoms with Crippen molar-refractivity contribution in [2.75, 3.05) is 0 Å². The number of hydrogen-bond acceptors (Lipinski definition) is 0. The minimum Gasteiger partial charge on any atom is -0.118 e. The van der Waals surface area contributed by atoms with E-state index >= 15 is 0 Å². The molecule has 0 spiro atoms. The van der Waals surface area contributed by atoms with Gasteiger partial charge >= 0.3 is 0 Å². The highest BCUT2D eigenvalue weighted by molar-refractivity contribution is 6.20. The highest BCUT2D eigenvalue weighted by Crippen LogP contribution is 2.28. The predicted octanol–water partition coefficient (Wildman–Crippen LogP) is 6.35. The topological polar surface area (TPSA) is 0 Å². The van der Waals surface area contributed by atoms with Gasteiger partial charge in [-0.15, -0.1) is 11.6 Å². The molecule has 2 unspecified atom stereocenters. The molecule has 102 valence electrons. The van der Waals surface area contributed by atoms with E-state index in [-0.39, 0.29) is 5.38 Å². The van der Waals surface area contributed by atoms with Crippen molar-refractivity contribution in [3.63, 3.8) is 0 Å². The molecule has 1 heteroatoms. The Balaban J connectivity index is 2.24. The molecule has 0 saturated carbocycles. The van der Waals surface area contributed by atoms with Gasteiger partial charge in [0.15, 0.2) is 0 Å². The van der Waals surface area contributed by atoms with Gasteiger partial charge in [-0.25, -0.2) is 0 Å². The fourth-order valence-corrected chi connectivity index (χ4v) is 2.76. The Hall–Kier alpha value is -0.490. The van der Waals surface area contributed by atoms with Crippen LogP contribution in [0.4, 0.5) is 0 Å². The molecule has 18 heavy (non-hydrogen) atoms. The summed E-state index contributed by atoms with van der Waals surface area (Å²) in [5.74, 6) is 0.907. The van der Waals surface area contributed by atoms with Crippen LogP contribution in [0, 0.1) is 5.92 Å². The molecule has 0 aliphatic rings. The van der Waals surface area contributed by atoms with Crippen molar-refractivity contribution in [3.8, 4) is 0 Å². The zero-order valence-corrected chi connectivity index (χ0v) is 12.6. The zero-order valence-electron chi connectivity index (χ0n) is 11.9. The predicted molar refractivity (Wildman–Crippen MR) is 82.2 cm³/mol. The number of unbranched alkanes of at least 4 members (excludes halogenated alkanes) is 1. The Bertz CT molecular complexity index is 294. The fraction of sp³-hybridized carbons (Fsp3) is 0.647. The first-order valence-corrected chi connectivity index (χ1v) is 7.90. The minimum atomic E-state index is 0.190. The molecule has 0 aliphatic carbocycles. The Morgan fingerprint density at radius 2 is 1.61 bits per heavy atom. The van der Waals surface area contributed by atoms with Crippen LogP contribution in [-0.2, 0) is 0 Å². The second kappa shape index (κ2) is 9.44. The quantitative estimate of drug-likeness (QED) is 0.457. The van der Waals surface area contributed by atoms with Crippen LogP contribution >= 0.6 is 11.6 Å². The second-order valence-corrected chi connectivity index (χ2v) is 5.75. The zero-order chi connectivity index (χ0) is 13.2. The van der Waals surface area contributed by atoms with E-state index in [1.165, 1.54) is 44.1 Å². The third kappa shape index (κ3) is 5.91. The summed E-state index contributed by atoms with van der Waals surface area (Å²) in [6, 6.07) is 10.4. The number of hydrogen-bond donors (Lipinski definition) is 0. The van der Waals surface area contributed by atoms with E-state index in [9.17, 15) is 0 Å². The first-order chi connectivity index (χ1) is 8.77. The lowest BCUT2D eigenvalue weighted by atomic mass is 9.92. The summed E-state index contributed by atoms with van der Waals surface area (Å²) in [6.07, 6.45) is 9.11. The molecule has 0 radical (unpaired) electrons. The van der Waals surface area contributed by atoms with Crippen LogP contribution in [0.2, 0.25) is 0 Å². The molecule has 0 heterocycles. The monoisotopic (exact) mass is 266 g/mol. The lowest BCUT2D eigenvalue weighted by molar-refractivity contribution is 0.403. The van der Waals surface area contributed by atoms with Crippen molar-refractivity contribution < 1.29 is 0 Å². The molecule has 0 N–H and O–H groups in total. The van der Waals surface area contributed by atoms with Crippen molar-refractivity contribution in [2.45, 2.75) is 64.2 Å². The van der Waals surface area contributed by atoms with Gasteiger partial charge in [0.05, 0.1) is 5.38 Å². The van der Waals surface area contributed by atoms with Crippen molar-refractivity contribution in [2.24, 2.45) is 5.92 Å². The summed E-state index contributed by atoms with van der Waals surface area (Å²) in [7, 11) is 0. The fourth-order valence-electron chi connectivity index (χ4n) is 2.46. The van der Waals surface area contributed by atoms with Crippen LogP contribution in [0.25, 0.3) is 0 Å². The lowest BCUT2D eigenvalue weighted by Gasteiger charge is -2.15. The standard InChI is InChI=1S/C17H27Cl/c1-3-5-10-15(4-2)11-9-14-17(18)16-12-7-6-8-13-16/h6-8,12-13,15,17H,3-5,9-11,14H2,1-2H3. The van der Waals surface area contributed by atoms with E-state index in [0.717, 1.165) is 12.3 Å². The largest absolute Gasteiger partial charge is 0.118 e. The first kappa shape index (κ1) is 15.6. The molecular weight excluding hydrogens is 240 g/mol. The Labute approximate surface area is 118 Å². The molecule has 0 amide bonds. The summed E-state index contributed by atoms with van der Waals surface area (Å²) >= 11 is 6.44. The first-order valence-electron chi connectivity index (χ1n) is 7.46. The average Bonchev–Trinajstić information content (AvgIpc) is 2.43. The van der Waals surface area contributed by atoms with Gasteiger partial charge in [-0.1, -0.05) is 82.7 Å². The Morgan fingerprint density at radius 3 is 2.22 bits per heavy atom. The van der Waals surface area contributed by atoms with Gasteiger partial charge in [0.1, 0.15) is 0 Å². The SMILES string of the molecule is CCCCC(CC)CCCC(Cl)c1ccccc1. The number of alkyl halides is 1. The lowest BCUT2D eigenvalue weighted by Crippen LogP contribution is -2.00. The second-order valence-electron chi connectivity index (χ2n) is 5.23. The van der Waals surface area contributed by atoms with Gasteiger partial charge in [0.25, 0.3) is 0 Å². The Kier molecular flexibility index (Phi) is 8.17. The van der Waals surface area contributed by atoms with E-state index in [0.29, 0.717) is 0 Å². The van der Waals surface area contributed by atoms with Crippen LogP contribution in [0.3, 0.4) is 0 Å². The van der Waals surface area contributed by atoms with E-state index in [1.807, 2.05) is 6.07 Å². The molecule has 0 aromatic heterocycles. The summed E-state index contributed by atoms with van der Waals surface area (Å²) in [5.41, 5.74) is 1.26. The summed E-state index contributed by atoms with van der Waals surface area (Å²) in [5, 5.41) is 0.190. The molecule has 1 aromatic rings. The normalized spacial score (nSPS) is 14.4. The number of halogens is 1. The van der Waals surface area contributed by atoms with Crippen LogP contribution < -0.4 is 0 Å². The van der Waals surface area contributed by atoms with Crippen molar-refractivity contribution in [1.82, 2.24) is 0 Å². The molecule has 0 nitrogen and oxygen atoms in total. The van der Waals surface area contributed by atoms with E-state index in [1.54, 1.807) is 0 Å². The molecule has 0 bridgehead atoms. The number of rotatable bonds is 9. The maximum absolute atomic E-state index is 6.44. The van der Waals surface area contributed by atoms with Crippen LogP contribution in [0.1, 0.15) is 69.7 Å². The third-order valence-electron chi connectivity index (χ3n) is 3.77. The average molecular weight is 267 g/mol. The maximum atomic E-state index is 6.44. The van der Waals surface area contributed by atoms with Gasteiger partial charge in [-0.3, -0.25) is 0 Å². The van der Waals surface area contributed by atoms with Crippen molar-refractivity contribution >= 4 is 11.6 Å². The molecule has 0 saturated heterocycles. The Morgan fingerprint density at radius 1 is 0.944 bits per heavy atom. The van der Waals surface area contributed by atoms with E-state index in [4.69, 9.17) is 11.6 Å². The molecule has 1 aromatic carbocycles. The van der Waals surface area contributed by atoms with E-state index in [2.05, 4.69) is 38.1 Å². The number of benzene rings is 1. The van der Waals surface area contributed by atoms with Gasteiger partial charge in [-0.05, 0) is 17.9 Å². The van der Waals surface area contributed by atoms with Crippen LogP contribution in [0.5, 0.6) is 0 Å². The van der Waals surface area contributed by atoms with Gasteiger partial charge in [0.2, 0.25) is 0 Å². The summed E-state index contributed by atoms with van der Waals surface area (Å²) in [4.78, 5) is 0. The van der Waals surface area contributed by atoms with Crippen LogP contribution in [-0.4, -0.2) is 0 Å². The van der Waals surface area contributed by atoms with Gasteiger partial charge in [0, 0.05) is 0 Å². The van der Waals surface area contributed by atoms with Gasteiger partial charge in [-0.2, -0.15) is 0 Å². The molecular formula is C17H27Cl. The minimum absolute atomic E-state index is 0.190. The molecule has 1 rings (SSSR count). The molecule has 0 aliphatic heterocycles. The highest BCUT2D eigenvalue weighted by Gasteiger charge is 2.10. The third-order valence-corrected chi connectivity index (χ3v) is 4.24.